The third-order valence-electron chi connectivity index (χ3n) is 4.83. The molecule has 4 rings (SSSR count). The molecular weight excluding hydrogens is 419 g/mol. The van der Waals surface area contributed by atoms with Crippen LogP contribution in [0, 0.1) is 0 Å². The van der Waals surface area contributed by atoms with E-state index in [1.165, 1.54) is 17.2 Å². The van der Waals surface area contributed by atoms with Gasteiger partial charge in [0, 0.05) is 13.6 Å². The van der Waals surface area contributed by atoms with Gasteiger partial charge in [-0.2, -0.15) is 12.7 Å². The molecule has 1 saturated heterocycles. The number of aromatic nitrogens is 4. The zero-order valence-corrected chi connectivity index (χ0v) is 16.5. The van der Waals surface area contributed by atoms with E-state index in [0.717, 1.165) is 12.6 Å². The number of aliphatic hydroxyl groups excluding tert-OH is 1. The predicted molar refractivity (Wildman–Crippen MR) is 103 cm³/mol. The Hall–Kier alpha value is -2.71. The minimum absolute atomic E-state index is 0.232. The molecular formula is C17H19FN6O5S. The van der Waals surface area contributed by atoms with Crippen LogP contribution >= 0.6 is 0 Å². The molecule has 0 spiro atoms. The van der Waals surface area contributed by atoms with Gasteiger partial charge in [-0.3, -0.25) is 9.12 Å². The van der Waals surface area contributed by atoms with E-state index in [-0.39, 0.29) is 5.65 Å². The lowest BCUT2D eigenvalue weighted by Crippen LogP contribution is -2.44. The number of ether oxygens (including phenoxy) is 1. The molecule has 0 unspecified atom stereocenters. The number of benzene rings is 1. The second-order valence-corrected chi connectivity index (χ2v) is 8.20. The lowest BCUT2D eigenvalue weighted by Gasteiger charge is -2.22. The molecule has 1 aromatic carbocycles. The number of anilines is 1. The Morgan fingerprint density at radius 3 is 2.70 bits per heavy atom. The first-order chi connectivity index (χ1) is 14.3. The Labute approximate surface area is 171 Å². The van der Waals surface area contributed by atoms with Gasteiger partial charge in [-0.05, 0) is 5.56 Å². The van der Waals surface area contributed by atoms with Gasteiger partial charge in [-0.15, -0.1) is 0 Å². The Balaban J connectivity index is 1.61. The highest BCUT2D eigenvalue weighted by Crippen LogP contribution is 2.35. The van der Waals surface area contributed by atoms with Crippen molar-refractivity contribution in [2.45, 2.75) is 31.3 Å². The van der Waals surface area contributed by atoms with Crippen molar-refractivity contribution in [2.75, 3.05) is 12.4 Å². The summed E-state index contributed by atoms with van der Waals surface area (Å²) in [5.41, 5.74) is 1.60. The van der Waals surface area contributed by atoms with Crippen molar-refractivity contribution in [2.24, 2.45) is 0 Å². The molecule has 3 N–H and O–H groups in total. The van der Waals surface area contributed by atoms with Crippen LogP contribution < -0.4 is 5.32 Å². The molecule has 160 valence electrons. The number of alkyl halides is 1. The first kappa shape index (κ1) is 20.6. The summed E-state index contributed by atoms with van der Waals surface area (Å²) in [7, 11) is -3.73. The molecule has 0 radical (unpaired) electrons. The van der Waals surface area contributed by atoms with E-state index in [9.17, 15) is 17.9 Å². The summed E-state index contributed by atoms with van der Waals surface area (Å²) in [5.74, 6) is 0.420. The second kappa shape index (κ2) is 7.85. The predicted octanol–water partition coefficient (Wildman–Crippen LogP) is 0.727. The second-order valence-electron chi connectivity index (χ2n) is 6.73. The van der Waals surface area contributed by atoms with Crippen LogP contribution in [-0.2, 0) is 21.6 Å². The van der Waals surface area contributed by atoms with E-state index in [1.807, 2.05) is 30.3 Å². The average Bonchev–Trinajstić information content (AvgIpc) is 3.28. The molecule has 0 aliphatic carbocycles. The lowest BCUT2D eigenvalue weighted by molar-refractivity contribution is -0.0701. The van der Waals surface area contributed by atoms with Gasteiger partial charge in [0.15, 0.2) is 35.6 Å². The van der Waals surface area contributed by atoms with Gasteiger partial charge in [-0.25, -0.2) is 19.3 Å². The van der Waals surface area contributed by atoms with Gasteiger partial charge >= 0.3 is 10.3 Å². The average molecular weight is 438 g/mol. The van der Waals surface area contributed by atoms with E-state index < -0.39 is 35.0 Å². The van der Waals surface area contributed by atoms with Crippen LogP contribution in [0.3, 0.4) is 0 Å². The number of hydrogen-bond acceptors (Lipinski definition) is 8. The fourth-order valence-corrected chi connectivity index (χ4v) is 3.66. The van der Waals surface area contributed by atoms with Crippen LogP contribution in [0.25, 0.3) is 11.2 Å². The number of likely N-dealkylation sites (N-methyl/N-ethyl adjacent to an activating group) is 1. The fraction of sp³-hybridized carbons (Fsp3) is 0.353. The van der Waals surface area contributed by atoms with Crippen LogP contribution in [0.2, 0.25) is 0 Å². The Kier molecular flexibility index (Phi) is 5.38. The van der Waals surface area contributed by atoms with E-state index >= 15 is 0 Å². The molecule has 1 aliphatic heterocycles. The topological polar surface area (TPSA) is 143 Å². The monoisotopic (exact) mass is 438 g/mol. The maximum Gasteiger partial charge on any atom is 0.337 e. The first-order valence-corrected chi connectivity index (χ1v) is 10.3. The highest BCUT2D eigenvalue weighted by molar-refractivity contribution is 7.83. The molecule has 3 heterocycles. The van der Waals surface area contributed by atoms with Crippen molar-refractivity contribution in [3.8, 4) is 0 Å². The smallest absolute Gasteiger partial charge is 0.337 e. The summed E-state index contributed by atoms with van der Waals surface area (Å²) in [4.78, 5) is 12.5. The standard InChI is InChI=1S/C17H19FN6O5S/c1-23(30(26,27)28)17-13(25)11(18)16(29-17)24-9-22-12-14(20-8-21-15(12)24)19-7-10-5-3-2-4-6-10/h2-6,8-9,11,13,16-17,25H,7H2,1H3,(H,19,20,21)(H,26,27,28)/t11-,13+,16-,17-/m1/s1. The number of nitrogens with zero attached hydrogens (tertiary/aromatic N) is 5. The van der Waals surface area contributed by atoms with Crippen molar-refractivity contribution < 1.29 is 27.2 Å². The molecule has 1 fully saturated rings. The zero-order valence-electron chi connectivity index (χ0n) is 15.7. The summed E-state index contributed by atoms with van der Waals surface area (Å²) >= 11 is 0. The van der Waals surface area contributed by atoms with E-state index in [2.05, 4.69) is 20.3 Å². The van der Waals surface area contributed by atoms with Gasteiger partial charge in [0.05, 0.1) is 6.33 Å². The van der Waals surface area contributed by atoms with E-state index in [0.29, 0.717) is 22.2 Å². The molecule has 0 bridgehead atoms. The number of halogens is 1. The number of imidazole rings is 1. The van der Waals surface area contributed by atoms with Gasteiger partial charge < -0.3 is 15.2 Å². The maximum atomic E-state index is 14.8. The normalized spacial score (nSPS) is 24.6. The molecule has 0 amide bonds. The molecule has 4 atom stereocenters. The van der Waals surface area contributed by atoms with Crippen LogP contribution in [0.1, 0.15) is 11.8 Å². The highest BCUT2D eigenvalue weighted by Gasteiger charge is 2.49. The van der Waals surface area contributed by atoms with Crippen molar-refractivity contribution in [1.82, 2.24) is 23.8 Å². The highest BCUT2D eigenvalue weighted by atomic mass is 32.2. The Morgan fingerprint density at radius 2 is 2.00 bits per heavy atom. The van der Waals surface area contributed by atoms with Crippen molar-refractivity contribution >= 4 is 27.3 Å². The lowest BCUT2D eigenvalue weighted by atomic mass is 10.2. The molecule has 1 aliphatic rings. The molecule has 11 nitrogen and oxygen atoms in total. The maximum absolute atomic E-state index is 14.8. The SMILES string of the molecule is CN([C@@H]1O[C@@H](n2cnc3c(NCc4ccccc4)ncnc32)[C@H](F)[C@@H]1O)S(=O)(=O)O. The minimum Gasteiger partial charge on any atom is -0.386 e. The van der Waals surface area contributed by atoms with Crippen LogP contribution in [0.4, 0.5) is 10.2 Å². The van der Waals surface area contributed by atoms with E-state index in [1.54, 1.807) is 0 Å². The summed E-state index contributed by atoms with van der Waals surface area (Å²) in [5, 5.41) is 13.2. The van der Waals surface area contributed by atoms with Crippen LogP contribution in [0.5, 0.6) is 0 Å². The zero-order chi connectivity index (χ0) is 21.5. The molecule has 3 aromatic rings. The molecule has 13 heteroatoms. The van der Waals surface area contributed by atoms with Crippen LogP contribution in [0.15, 0.2) is 43.0 Å². The summed E-state index contributed by atoms with van der Waals surface area (Å²) in [6, 6.07) is 9.61. The summed E-state index contributed by atoms with van der Waals surface area (Å²) < 4.78 is 53.6. The number of fused-ring (bicyclic) bond motifs is 1. The van der Waals surface area contributed by atoms with Gasteiger partial charge in [0.25, 0.3) is 0 Å². The summed E-state index contributed by atoms with van der Waals surface area (Å²) in [6.45, 7) is 0.478. The van der Waals surface area contributed by atoms with Gasteiger partial charge in [0.1, 0.15) is 12.4 Å². The van der Waals surface area contributed by atoms with Gasteiger partial charge in [0.2, 0.25) is 0 Å². The van der Waals surface area contributed by atoms with E-state index in [4.69, 9.17) is 9.29 Å². The number of aliphatic hydroxyl groups is 1. The van der Waals surface area contributed by atoms with Crippen molar-refractivity contribution in [3.05, 3.63) is 48.5 Å². The molecule has 0 saturated carbocycles. The fourth-order valence-electron chi connectivity index (χ4n) is 3.22. The number of nitrogens with one attached hydrogen (secondary N) is 1. The van der Waals surface area contributed by atoms with Gasteiger partial charge in [-0.1, -0.05) is 30.3 Å². The Morgan fingerprint density at radius 1 is 1.27 bits per heavy atom. The third kappa shape index (κ3) is 3.73. The molecule has 30 heavy (non-hydrogen) atoms. The minimum atomic E-state index is -4.70. The molecule has 2 aromatic heterocycles. The third-order valence-corrected chi connectivity index (χ3v) is 5.76. The quantitative estimate of drug-likeness (QED) is 0.475. The van der Waals surface area contributed by atoms with Crippen molar-refractivity contribution in [3.63, 3.8) is 0 Å². The van der Waals surface area contributed by atoms with Crippen molar-refractivity contribution in [1.29, 1.82) is 0 Å². The number of hydrogen-bond donors (Lipinski definition) is 3. The first-order valence-electron chi connectivity index (χ1n) is 8.90. The summed E-state index contributed by atoms with van der Waals surface area (Å²) in [6.07, 6.45) is -4.30. The largest absolute Gasteiger partial charge is 0.386 e. The Bertz CT molecular complexity index is 1140. The van der Waals surface area contributed by atoms with Crippen LogP contribution in [-0.4, -0.2) is 67.5 Å². The number of rotatable bonds is 6.